The summed E-state index contributed by atoms with van der Waals surface area (Å²) in [5, 5.41) is 23.2. The molecule has 19 heteroatoms. The number of aromatic amines is 1. The minimum absolute atomic E-state index is 0.0177. The van der Waals surface area contributed by atoms with E-state index in [0.717, 1.165) is 35.1 Å². The molecule has 3 aliphatic heterocycles. The summed E-state index contributed by atoms with van der Waals surface area (Å²) in [5.41, 5.74) is 3.59. The number of piperidine rings is 1. The molecule has 0 aliphatic carbocycles. The molecule has 60 heavy (non-hydrogen) atoms. The molecule has 5 amide bonds. The molecule has 3 aromatic heterocycles. The van der Waals surface area contributed by atoms with E-state index in [1.165, 1.54) is 4.31 Å². The Kier molecular flexibility index (Phi) is 10.7. The summed E-state index contributed by atoms with van der Waals surface area (Å²) < 4.78 is 27.9. The third-order valence-electron chi connectivity index (χ3n) is 11.2. The van der Waals surface area contributed by atoms with Crippen LogP contribution in [0.25, 0.3) is 22.3 Å². The molecule has 2 fully saturated rings. The van der Waals surface area contributed by atoms with Gasteiger partial charge in [-0.1, -0.05) is 12.5 Å². The van der Waals surface area contributed by atoms with E-state index in [9.17, 15) is 37.7 Å². The van der Waals surface area contributed by atoms with Crippen LogP contribution in [0.3, 0.4) is 0 Å². The summed E-state index contributed by atoms with van der Waals surface area (Å²) in [6, 6.07) is 15.1. The van der Waals surface area contributed by atoms with Gasteiger partial charge in [0.05, 0.1) is 41.3 Å². The fraction of sp³-hybridized carbons (Fsp3) is 0.341. The lowest BCUT2D eigenvalue weighted by Crippen LogP contribution is -2.64. The second-order valence-electron chi connectivity index (χ2n) is 15.1. The van der Waals surface area contributed by atoms with Gasteiger partial charge in [0.1, 0.15) is 17.2 Å². The van der Waals surface area contributed by atoms with Crippen LogP contribution in [-0.2, 0) is 31.6 Å². The Morgan fingerprint density at radius 3 is 2.53 bits per heavy atom. The maximum absolute atomic E-state index is 13.1. The van der Waals surface area contributed by atoms with Crippen LogP contribution >= 0.6 is 0 Å². The van der Waals surface area contributed by atoms with E-state index < -0.39 is 45.2 Å². The van der Waals surface area contributed by atoms with Crippen LogP contribution in [0.4, 0.5) is 11.6 Å². The van der Waals surface area contributed by atoms with Gasteiger partial charge in [-0.2, -0.15) is 19.6 Å². The van der Waals surface area contributed by atoms with Gasteiger partial charge in [-0.3, -0.25) is 38.9 Å². The van der Waals surface area contributed by atoms with Crippen molar-refractivity contribution in [2.45, 2.75) is 63.5 Å². The monoisotopic (exact) mass is 831 g/mol. The van der Waals surface area contributed by atoms with Crippen molar-refractivity contribution in [1.29, 1.82) is 5.26 Å². The molecule has 308 valence electrons. The van der Waals surface area contributed by atoms with Crippen LogP contribution in [0.15, 0.2) is 67.1 Å². The average Bonchev–Trinajstić information content (AvgIpc) is 3.96. The molecule has 1 unspecified atom stereocenters. The molecule has 1 atom stereocenters. The topological polar surface area (TPSA) is 245 Å². The van der Waals surface area contributed by atoms with E-state index in [-0.39, 0.29) is 55.1 Å². The number of aromatic nitrogens is 5. The molecule has 4 N–H and O–H groups in total. The maximum atomic E-state index is 13.1. The Morgan fingerprint density at radius 2 is 1.78 bits per heavy atom. The number of H-pyrrole nitrogens is 1. The second-order valence-corrected chi connectivity index (χ2v) is 17.4. The molecule has 3 aliphatic rings. The Bertz CT molecular complexity index is 2700. The van der Waals surface area contributed by atoms with Crippen molar-refractivity contribution >= 4 is 62.2 Å². The van der Waals surface area contributed by atoms with Crippen LogP contribution < -0.4 is 16.0 Å². The lowest BCUT2D eigenvalue weighted by Gasteiger charge is -2.47. The number of nitrogens with one attached hydrogen (secondary N) is 4. The lowest BCUT2D eigenvalue weighted by atomic mass is 9.89. The summed E-state index contributed by atoms with van der Waals surface area (Å²) in [4.78, 5) is 76.4. The quantitative estimate of drug-likeness (QED) is 0.0877. The number of amides is 5. The number of benzene rings is 2. The number of rotatable bonds is 15. The van der Waals surface area contributed by atoms with Crippen LogP contribution in [0.5, 0.6) is 0 Å². The largest absolute Gasteiger partial charge is 0.352 e. The Hall–Kier alpha value is -6.78. The molecular formula is C41H41N11O7S. The number of nitrogens with zero attached hydrogens (tertiary/aromatic N) is 7. The van der Waals surface area contributed by atoms with Crippen LogP contribution in [-0.4, -0.2) is 103 Å². The summed E-state index contributed by atoms with van der Waals surface area (Å²) in [5.74, 6) is -2.06. The van der Waals surface area contributed by atoms with E-state index in [2.05, 4.69) is 37.1 Å². The highest BCUT2D eigenvalue weighted by Crippen LogP contribution is 2.36. The molecule has 18 nitrogen and oxygen atoms in total. The van der Waals surface area contributed by atoms with Crippen molar-refractivity contribution in [3.05, 3.63) is 89.4 Å². The number of nitriles is 1. The second kappa shape index (κ2) is 16.1. The molecule has 0 spiro atoms. The van der Waals surface area contributed by atoms with E-state index in [0.29, 0.717) is 47.1 Å². The Morgan fingerprint density at radius 1 is 1.00 bits per heavy atom. The fourth-order valence-electron chi connectivity index (χ4n) is 7.84. The van der Waals surface area contributed by atoms with Gasteiger partial charge in [0.15, 0.2) is 0 Å². The number of unbranched alkanes of at least 4 members (excludes halogenated alkanes) is 2. The zero-order valence-corrected chi connectivity index (χ0v) is 33.4. The van der Waals surface area contributed by atoms with Crippen molar-refractivity contribution in [2.24, 2.45) is 0 Å². The molecule has 5 aromatic rings. The van der Waals surface area contributed by atoms with Crippen molar-refractivity contribution in [3.8, 4) is 17.3 Å². The first kappa shape index (κ1) is 40.0. The fourth-order valence-corrected chi connectivity index (χ4v) is 9.08. The van der Waals surface area contributed by atoms with Gasteiger partial charge in [-0.15, -0.1) is 0 Å². The normalized spacial score (nSPS) is 17.6. The number of hydrogen-bond acceptors (Lipinski definition) is 12. The summed E-state index contributed by atoms with van der Waals surface area (Å²) >= 11 is 0. The number of anilines is 2. The smallest absolute Gasteiger partial charge is 0.262 e. The molecule has 6 heterocycles. The highest BCUT2D eigenvalue weighted by Gasteiger charge is 2.50. The SMILES string of the molecule is CCS(=O)(=O)N1CC(CC#N)(n2cc(-c3nc(Nc4ccc(C(=O)NCCCCCc5ccc6c(c5)C(=O)N(C5CCC(=O)NC5=O)C6=O)cc4)nc4[nH]ccc34)cn2)C1. The molecule has 2 saturated heterocycles. The summed E-state index contributed by atoms with van der Waals surface area (Å²) in [6.07, 6.45) is 8.44. The third kappa shape index (κ3) is 7.62. The number of carbonyl (C=O) groups excluding carboxylic acids is 5. The minimum Gasteiger partial charge on any atom is -0.352 e. The number of hydrogen-bond donors (Lipinski definition) is 4. The minimum atomic E-state index is -3.39. The molecule has 0 bridgehead atoms. The van der Waals surface area contributed by atoms with Crippen LogP contribution in [0.1, 0.15) is 82.1 Å². The molecule has 8 rings (SSSR count). The van der Waals surface area contributed by atoms with Crippen LogP contribution in [0, 0.1) is 11.3 Å². The first-order valence-corrected chi connectivity index (χ1v) is 21.3. The highest BCUT2D eigenvalue weighted by atomic mass is 32.2. The van der Waals surface area contributed by atoms with E-state index >= 15 is 0 Å². The van der Waals surface area contributed by atoms with Gasteiger partial charge in [-0.05, 0) is 80.6 Å². The number of sulfonamides is 1. The number of aryl methyl sites for hydroxylation is 1. The number of carbonyl (C=O) groups is 5. The summed E-state index contributed by atoms with van der Waals surface area (Å²) in [6.45, 7) is 2.38. The van der Waals surface area contributed by atoms with Gasteiger partial charge in [0.25, 0.3) is 17.7 Å². The summed E-state index contributed by atoms with van der Waals surface area (Å²) in [7, 11) is -3.39. The Balaban J connectivity index is 0.828. The first-order valence-electron chi connectivity index (χ1n) is 19.6. The zero-order valence-electron chi connectivity index (χ0n) is 32.6. The van der Waals surface area contributed by atoms with E-state index in [1.54, 1.807) is 72.7 Å². The molecular weight excluding hydrogens is 791 g/mol. The van der Waals surface area contributed by atoms with E-state index in [4.69, 9.17) is 4.98 Å². The lowest BCUT2D eigenvalue weighted by molar-refractivity contribution is -0.136. The average molecular weight is 832 g/mol. The van der Waals surface area contributed by atoms with Gasteiger partial charge >= 0.3 is 0 Å². The van der Waals surface area contributed by atoms with Crippen LogP contribution in [0.2, 0.25) is 0 Å². The predicted octanol–water partition coefficient (Wildman–Crippen LogP) is 3.38. The highest BCUT2D eigenvalue weighted by molar-refractivity contribution is 7.89. The van der Waals surface area contributed by atoms with Crippen molar-refractivity contribution in [2.75, 3.05) is 30.7 Å². The van der Waals surface area contributed by atoms with E-state index in [1.807, 2.05) is 6.07 Å². The first-order chi connectivity index (χ1) is 28.9. The molecule has 0 saturated carbocycles. The molecule has 0 radical (unpaired) electrons. The zero-order chi connectivity index (χ0) is 42.2. The van der Waals surface area contributed by atoms with Gasteiger partial charge in [0.2, 0.25) is 27.8 Å². The van der Waals surface area contributed by atoms with Gasteiger partial charge in [-0.25, -0.2) is 13.4 Å². The Labute approximate surface area is 344 Å². The third-order valence-corrected chi connectivity index (χ3v) is 13.0. The van der Waals surface area contributed by atoms with Crippen molar-refractivity contribution < 1.29 is 32.4 Å². The van der Waals surface area contributed by atoms with Crippen molar-refractivity contribution in [3.63, 3.8) is 0 Å². The number of imide groups is 2. The predicted molar refractivity (Wildman–Crippen MR) is 217 cm³/mol. The maximum Gasteiger partial charge on any atom is 0.262 e. The van der Waals surface area contributed by atoms with Gasteiger partial charge < -0.3 is 15.6 Å². The standard InChI is InChI=1S/C41H41N11O7S/c1-2-60(58,59)50-23-41(24-50,16-17-42)51-22-27(21-45-51)34-30-15-19-43-35(30)49-40(48-34)46-28-10-8-26(9-11-28)36(54)44-18-5-3-4-6-25-7-12-29-31(20-25)39(57)52(38(29)56)32-13-14-33(53)47-37(32)55/h7-12,15,19-22,32H,2-6,13-14,16,18,23-24H2,1H3,(H,44,54)(H,47,53,55)(H2,43,46,48,49). The van der Waals surface area contributed by atoms with Gasteiger partial charge in [0, 0.05) is 60.6 Å². The molecule has 2 aromatic carbocycles. The van der Waals surface area contributed by atoms with Crippen molar-refractivity contribution in [1.82, 2.24) is 44.6 Å². The number of fused-ring (bicyclic) bond motifs is 2.